The predicted octanol–water partition coefficient (Wildman–Crippen LogP) is -2.52. The van der Waals surface area contributed by atoms with Crippen molar-refractivity contribution in [3.8, 4) is 0 Å². The van der Waals surface area contributed by atoms with Crippen LogP contribution in [-0.4, -0.2) is 74.3 Å². The molecule has 0 aliphatic carbocycles. The molecule has 1 amide bonds. The van der Waals surface area contributed by atoms with Crippen molar-refractivity contribution in [3.05, 3.63) is 0 Å². The van der Waals surface area contributed by atoms with Gasteiger partial charge in [0.2, 0.25) is 5.91 Å². The van der Waals surface area contributed by atoms with Crippen LogP contribution in [0.2, 0.25) is 0 Å². The van der Waals surface area contributed by atoms with Crippen LogP contribution >= 0.6 is 0 Å². The van der Waals surface area contributed by atoms with Crippen molar-refractivity contribution in [2.45, 2.75) is 31.7 Å². The maximum Gasteiger partial charge on any atom is 0.305 e. The van der Waals surface area contributed by atoms with Gasteiger partial charge in [0.1, 0.15) is 6.54 Å². The first-order valence-electron chi connectivity index (χ1n) is 7.45. The average Bonchev–Trinajstić information content (AvgIpc) is 2.36. The minimum Gasteiger partial charge on any atom is -0.544 e. The molecule has 0 bridgehead atoms. The lowest BCUT2D eigenvalue weighted by Crippen LogP contribution is -2.45. The molecule has 23 heavy (non-hydrogen) atoms. The number of rotatable bonds is 10. The van der Waals surface area contributed by atoms with Gasteiger partial charge in [-0.1, -0.05) is 6.42 Å². The maximum absolute atomic E-state index is 11.3. The van der Waals surface area contributed by atoms with Crippen molar-refractivity contribution in [3.63, 3.8) is 0 Å². The second kappa shape index (κ2) is 12.8. The Morgan fingerprint density at radius 2 is 1.78 bits per heavy atom. The molecule has 0 rings (SSSR count). The van der Waals surface area contributed by atoms with Gasteiger partial charge in [-0.25, -0.2) is 0 Å². The average molecular weight is 334 g/mol. The zero-order chi connectivity index (χ0) is 18.5. The number of carbonyl (C=O) groups is 3. The molecule has 0 saturated carbocycles. The summed E-state index contributed by atoms with van der Waals surface area (Å²) in [4.78, 5) is 31.3. The molecule has 136 valence electrons. The predicted molar refractivity (Wildman–Crippen MR) is 84.0 cm³/mol. The lowest BCUT2D eigenvalue weighted by Gasteiger charge is -2.23. The normalized spacial score (nSPS) is 11.9. The molecular formula is C14H30N4O5. The molecule has 9 heteroatoms. The van der Waals surface area contributed by atoms with Gasteiger partial charge in [-0.2, -0.15) is 0 Å². The quantitative estimate of drug-likeness (QED) is 0.253. The third-order valence-electron chi connectivity index (χ3n) is 2.55. The molecule has 0 unspecified atom stereocenters. The molecule has 0 spiro atoms. The van der Waals surface area contributed by atoms with Gasteiger partial charge in [-0.15, -0.1) is 0 Å². The highest BCUT2D eigenvalue weighted by Gasteiger charge is 2.12. The molecule has 0 radical (unpaired) electrons. The Bertz CT molecular complexity index is 369. The summed E-state index contributed by atoms with van der Waals surface area (Å²) < 4.78 is 0.419. The van der Waals surface area contributed by atoms with E-state index in [1.54, 1.807) is 21.1 Å². The van der Waals surface area contributed by atoms with E-state index in [1.807, 2.05) is 0 Å². The summed E-state index contributed by atoms with van der Waals surface area (Å²) >= 11 is 0. The van der Waals surface area contributed by atoms with Crippen molar-refractivity contribution < 1.29 is 29.1 Å². The van der Waals surface area contributed by atoms with E-state index in [0.29, 0.717) is 17.4 Å². The summed E-state index contributed by atoms with van der Waals surface area (Å²) in [5, 5.41) is 20.7. The second-order valence-electron chi connectivity index (χ2n) is 6.15. The van der Waals surface area contributed by atoms with Gasteiger partial charge in [0.25, 0.3) is 0 Å². The lowest BCUT2D eigenvalue weighted by atomic mass is 10.1. The van der Waals surface area contributed by atoms with Gasteiger partial charge >= 0.3 is 5.97 Å². The van der Waals surface area contributed by atoms with Crippen LogP contribution in [0.15, 0.2) is 0 Å². The van der Waals surface area contributed by atoms with Crippen molar-refractivity contribution in [1.82, 2.24) is 5.32 Å². The molecule has 9 nitrogen and oxygen atoms in total. The van der Waals surface area contributed by atoms with Crippen LogP contribution in [0.4, 0.5) is 0 Å². The van der Waals surface area contributed by atoms with Gasteiger partial charge in [0.05, 0.1) is 39.6 Å². The number of carbonyl (C=O) groups excluding carboxylic acids is 2. The Balaban J connectivity index is 0. The molecule has 0 heterocycles. The number of amides is 1. The van der Waals surface area contributed by atoms with Gasteiger partial charge in [0.15, 0.2) is 0 Å². The van der Waals surface area contributed by atoms with Crippen molar-refractivity contribution in [1.29, 1.82) is 0 Å². The molecule has 0 fully saturated rings. The SMILES string of the molecule is C[N+](C)(C)CC(=O)[O-].NCCCC[C@H](N)C(=O)NCCC(=O)O. The minimum absolute atomic E-state index is 0.0694. The van der Waals surface area contributed by atoms with E-state index in [-0.39, 0.29) is 25.4 Å². The van der Waals surface area contributed by atoms with Crippen LogP contribution in [-0.2, 0) is 14.4 Å². The second-order valence-corrected chi connectivity index (χ2v) is 6.15. The molecule has 0 aromatic heterocycles. The van der Waals surface area contributed by atoms with E-state index in [1.165, 1.54) is 0 Å². The number of aliphatic carboxylic acids is 2. The smallest absolute Gasteiger partial charge is 0.305 e. The topological polar surface area (TPSA) is 159 Å². The molecule has 0 aliphatic rings. The first-order chi connectivity index (χ1) is 10.5. The van der Waals surface area contributed by atoms with E-state index in [4.69, 9.17) is 16.6 Å². The van der Waals surface area contributed by atoms with Crippen molar-refractivity contribution in [2.24, 2.45) is 11.5 Å². The molecule has 0 aromatic rings. The monoisotopic (exact) mass is 334 g/mol. The standard InChI is InChI=1S/C9H19N3O3.C5H11NO2/c10-5-2-1-3-7(11)9(15)12-6-4-8(13)14;1-6(2,3)4-5(7)8/h7H,1-6,10-11H2,(H,12,15)(H,13,14);4H2,1-3H3/t7-;/m0./s1. The third kappa shape index (κ3) is 20.3. The number of carboxylic acids is 2. The highest BCUT2D eigenvalue weighted by molar-refractivity contribution is 5.81. The Morgan fingerprint density at radius 1 is 1.22 bits per heavy atom. The Hall–Kier alpha value is -1.71. The van der Waals surface area contributed by atoms with Gasteiger partial charge in [0, 0.05) is 6.54 Å². The Labute approximate surface area is 137 Å². The number of nitrogens with two attached hydrogens (primary N) is 2. The summed E-state index contributed by atoms with van der Waals surface area (Å²) in [5.74, 6) is -2.24. The lowest BCUT2D eigenvalue weighted by molar-refractivity contribution is -0.864. The fraction of sp³-hybridized carbons (Fsp3) is 0.786. The molecule has 1 atom stereocenters. The first kappa shape index (κ1) is 23.6. The Kier molecular flexibility index (Phi) is 13.1. The highest BCUT2D eigenvalue weighted by Crippen LogP contribution is 1.97. The van der Waals surface area contributed by atoms with Gasteiger partial charge in [-0.3, -0.25) is 9.59 Å². The van der Waals surface area contributed by atoms with E-state index < -0.39 is 18.0 Å². The van der Waals surface area contributed by atoms with Crippen LogP contribution in [0.3, 0.4) is 0 Å². The van der Waals surface area contributed by atoms with Crippen LogP contribution in [0.25, 0.3) is 0 Å². The zero-order valence-electron chi connectivity index (χ0n) is 14.2. The van der Waals surface area contributed by atoms with Crippen molar-refractivity contribution in [2.75, 3.05) is 40.8 Å². The summed E-state index contributed by atoms with van der Waals surface area (Å²) in [6, 6.07) is -0.564. The van der Waals surface area contributed by atoms with Crippen LogP contribution in [0.5, 0.6) is 0 Å². The number of unbranched alkanes of at least 4 members (excludes halogenated alkanes) is 1. The van der Waals surface area contributed by atoms with E-state index in [2.05, 4.69) is 5.32 Å². The van der Waals surface area contributed by atoms with Crippen LogP contribution in [0.1, 0.15) is 25.7 Å². The van der Waals surface area contributed by atoms with Crippen molar-refractivity contribution >= 4 is 17.8 Å². The third-order valence-corrected chi connectivity index (χ3v) is 2.55. The number of likely N-dealkylation sites (N-methyl/N-ethyl adjacent to an activating group) is 1. The number of nitrogens with one attached hydrogen (secondary N) is 1. The number of hydrogen-bond acceptors (Lipinski definition) is 6. The first-order valence-corrected chi connectivity index (χ1v) is 7.45. The van der Waals surface area contributed by atoms with Gasteiger partial charge < -0.3 is 36.3 Å². The van der Waals surface area contributed by atoms with Gasteiger partial charge in [-0.05, 0) is 19.4 Å². The van der Waals surface area contributed by atoms with Crippen LogP contribution in [0, 0.1) is 0 Å². The summed E-state index contributed by atoms with van der Waals surface area (Å²) in [6.45, 7) is 0.784. The molecule has 0 aromatic carbocycles. The fourth-order valence-electron chi connectivity index (χ4n) is 1.45. The minimum atomic E-state index is -1.00. The number of hydrogen-bond donors (Lipinski definition) is 4. The molecular weight excluding hydrogens is 304 g/mol. The molecule has 0 saturated heterocycles. The number of quaternary nitrogens is 1. The fourth-order valence-corrected chi connectivity index (χ4v) is 1.45. The number of nitrogens with zero attached hydrogens (tertiary/aromatic N) is 1. The van der Waals surface area contributed by atoms with Crippen LogP contribution < -0.4 is 21.9 Å². The summed E-state index contributed by atoms with van der Waals surface area (Å²) in [6.07, 6.45) is 2.15. The highest BCUT2D eigenvalue weighted by atomic mass is 16.4. The largest absolute Gasteiger partial charge is 0.544 e. The van der Waals surface area contributed by atoms with E-state index in [0.717, 1.165) is 12.8 Å². The maximum atomic E-state index is 11.3. The molecule has 6 N–H and O–H groups in total. The summed E-state index contributed by atoms with van der Waals surface area (Å²) in [5.41, 5.74) is 10.9. The summed E-state index contributed by atoms with van der Waals surface area (Å²) in [7, 11) is 5.40. The Morgan fingerprint density at radius 3 is 2.13 bits per heavy atom. The zero-order valence-corrected chi connectivity index (χ0v) is 14.2. The number of carboxylic acid groups (broad SMARTS) is 2. The van der Waals surface area contributed by atoms with E-state index in [9.17, 15) is 19.5 Å². The molecule has 0 aliphatic heterocycles. The van der Waals surface area contributed by atoms with E-state index >= 15 is 0 Å².